The fourth-order valence-corrected chi connectivity index (χ4v) is 1.07. The Morgan fingerprint density at radius 2 is 2.14 bits per heavy atom. The summed E-state index contributed by atoms with van der Waals surface area (Å²) in [4.78, 5) is 0. The molecule has 0 aromatic carbocycles. The van der Waals surface area contributed by atoms with Crippen LogP contribution in [0.3, 0.4) is 0 Å². The maximum absolute atomic E-state index is 2.39. The van der Waals surface area contributed by atoms with Gasteiger partial charge in [-0.1, -0.05) is 37.9 Å². The zero-order valence-electron chi connectivity index (χ0n) is 5.33. The van der Waals surface area contributed by atoms with Gasteiger partial charge in [-0.3, -0.25) is 0 Å². The quantitative estimate of drug-likeness (QED) is 0.455. The van der Waals surface area contributed by atoms with E-state index in [1.807, 2.05) is 0 Å². The van der Waals surface area contributed by atoms with E-state index in [-0.39, 0.29) is 0 Å². The van der Waals surface area contributed by atoms with E-state index < -0.39 is 0 Å². The van der Waals surface area contributed by atoms with Crippen LogP contribution in [0.4, 0.5) is 0 Å². The Balaban J connectivity index is 2.13. The third-order valence-electron chi connectivity index (χ3n) is 1.96. The standard InChI is InChI=1S/C6H13B/c1-2-3-6(7)4-5-6/h2-5,7H2,1H3. The molecule has 0 aliphatic heterocycles. The van der Waals surface area contributed by atoms with Gasteiger partial charge in [0, 0.05) is 0 Å². The molecule has 0 heterocycles. The Kier molecular flexibility index (Phi) is 1.14. The van der Waals surface area contributed by atoms with Crippen LogP contribution in [0.15, 0.2) is 0 Å². The Labute approximate surface area is 46.7 Å². The first-order valence-electron chi connectivity index (χ1n) is 3.27. The fraction of sp³-hybridized carbons (Fsp3) is 1.00. The van der Waals surface area contributed by atoms with Gasteiger partial charge in [0.1, 0.15) is 7.85 Å². The summed E-state index contributed by atoms with van der Waals surface area (Å²) in [7, 11) is 2.39. The molecule has 1 saturated carbocycles. The van der Waals surface area contributed by atoms with Crippen molar-refractivity contribution in [3.05, 3.63) is 0 Å². The van der Waals surface area contributed by atoms with Crippen LogP contribution < -0.4 is 0 Å². The lowest BCUT2D eigenvalue weighted by atomic mass is 9.80. The summed E-state index contributed by atoms with van der Waals surface area (Å²) in [5, 5.41) is 0.800. The number of hydrogen-bond acceptors (Lipinski definition) is 0. The summed E-state index contributed by atoms with van der Waals surface area (Å²) in [5.74, 6) is 0. The zero-order chi connectivity index (χ0) is 5.33. The minimum absolute atomic E-state index is 0.800. The van der Waals surface area contributed by atoms with E-state index in [0.717, 1.165) is 5.31 Å². The predicted molar refractivity (Wildman–Crippen MR) is 35.4 cm³/mol. The lowest BCUT2D eigenvalue weighted by Crippen LogP contribution is -1.86. The van der Waals surface area contributed by atoms with Crippen LogP contribution in [-0.2, 0) is 0 Å². The highest BCUT2D eigenvalue weighted by atomic mass is 14.3. The van der Waals surface area contributed by atoms with Crippen LogP contribution in [0, 0.1) is 0 Å². The van der Waals surface area contributed by atoms with Crippen molar-refractivity contribution in [1.29, 1.82) is 0 Å². The van der Waals surface area contributed by atoms with Crippen molar-refractivity contribution < 1.29 is 0 Å². The van der Waals surface area contributed by atoms with Gasteiger partial charge < -0.3 is 0 Å². The molecule has 0 spiro atoms. The molecule has 0 N–H and O–H groups in total. The van der Waals surface area contributed by atoms with Gasteiger partial charge in [-0.15, -0.1) is 0 Å². The van der Waals surface area contributed by atoms with Gasteiger partial charge in [-0.25, -0.2) is 0 Å². The summed E-state index contributed by atoms with van der Waals surface area (Å²) < 4.78 is 0. The van der Waals surface area contributed by atoms with Gasteiger partial charge in [0.25, 0.3) is 0 Å². The van der Waals surface area contributed by atoms with Gasteiger partial charge >= 0.3 is 0 Å². The minimum Gasteiger partial charge on any atom is -0.0654 e. The van der Waals surface area contributed by atoms with Crippen LogP contribution in [0.25, 0.3) is 0 Å². The van der Waals surface area contributed by atoms with Gasteiger partial charge in [0.05, 0.1) is 0 Å². The van der Waals surface area contributed by atoms with E-state index in [4.69, 9.17) is 0 Å². The molecule has 1 aliphatic rings. The van der Waals surface area contributed by atoms with Crippen molar-refractivity contribution in [2.45, 2.75) is 37.9 Å². The third kappa shape index (κ3) is 1.22. The summed E-state index contributed by atoms with van der Waals surface area (Å²) in [6.45, 7) is 2.27. The summed E-state index contributed by atoms with van der Waals surface area (Å²) in [6, 6.07) is 0. The van der Waals surface area contributed by atoms with Crippen molar-refractivity contribution in [3.8, 4) is 0 Å². The molecule has 0 saturated heterocycles. The van der Waals surface area contributed by atoms with Crippen molar-refractivity contribution in [1.82, 2.24) is 0 Å². The molecule has 1 fully saturated rings. The fourth-order valence-electron chi connectivity index (χ4n) is 1.07. The van der Waals surface area contributed by atoms with Gasteiger partial charge in [-0.05, 0) is 0 Å². The average Bonchev–Trinajstić information content (AvgIpc) is 2.22. The lowest BCUT2D eigenvalue weighted by Gasteiger charge is -2.01. The molecule has 0 aromatic heterocycles. The lowest BCUT2D eigenvalue weighted by molar-refractivity contribution is 0.727. The van der Waals surface area contributed by atoms with Crippen molar-refractivity contribution in [3.63, 3.8) is 0 Å². The highest BCUT2D eigenvalue weighted by Gasteiger charge is 2.35. The van der Waals surface area contributed by atoms with Crippen LogP contribution in [0.5, 0.6) is 0 Å². The van der Waals surface area contributed by atoms with E-state index in [9.17, 15) is 0 Å². The highest BCUT2D eigenvalue weighted by molar-refractivity contribution is 6.17. The molecule has 40 valence electrons. The predicted octanol–water partition coefficient (Wildman–Crippen LogP) is 1.37. The minimum atomic E-state index is 0.800. The second-order valence-electron chi connectivity index (χ2n) is 3.06. The molecule has 1 rings (SSSR count). The summed E-state index contributed by atoms with van der Waals surface area (Å²) in [5.41, 5.74) is 0. The molecule has 0 nitrogen and oxygen atoms in total. The van der Waals surface area contributed by atoms with E-state index in [2.05, 4.69) is 14.8 Å². The molecular weight excluding hydrogens is 82.9 g/mol. The maximum Gasteiger partial charge on any atom is 0.109 e. The first kappa shape index (κ1) is 5.21. The summed E-state index contributed by atoms with van der Waals surface area (Å²) in [6.07, 6.45) is 5.80. The van der Waals surface area contributed by atoms with E-state index in [1.54, 1.807) is 0 Å². The molecule has 0 amide bonds. The molecule has 0 atom stereocenters. The van der Waals surface area contributed by atoms with E-state index in [1.165, 1.54) is 25.7 Å². The molecule has 0 unspecified atom stereocenters. The van der Waals surface area contributed by atoms with Crippen molar-refractivity contribution in [2.24, 2.45) is 0 Å². The average molecular weight is 96.0 g/mol. The Hall–Kier alpha value is 0.0649. The van der Waals surface area contributed by atoms with E-state index in [0.29, 0.717) is 0 Å². The highest BCUT2D eigenvalue weighted by Crippen LogP contribution is 2.53. The second kappa shape index (κ2) is 1.54. The molecule has 0 radical (unpaired) electrons. The van der Waals surface area contributed by atoms with E-state index >= 15 is 0 Å². The largest absolute Gasteiger partial charge is 0.109 e. The first-order chi connectivity index (χ1) is 3.27. The van der Waals surface area contributed by atoms with Crippen LogP contribution in [0.1, 0.15) is 32.6 Å². The second-order valence-corrected chi connectivity index (χ2v) is 3.06. The maximum atomic E-state index is 2.39. The molecule has 0 bridgehead atoms. The smallest absolute Gasteiger partial charge is 0.0654 e. The molecule has 1 aliphatic carbocycles. The van der Waals surface area contributed by atoms with Crippen LogP contribution in [-0.4, -0.2) is 7.85 Å². The SMILES string of the molecule is BC1(CCC)CC1. The van der Waals surface area contributed by atoms with Crippen LogP contribution in [0.2, 0.25) is 5.31 Å². The Morgan fingerprint density at radius 3 is 2.29 bits per heavy atom. The molecule has 1 heteroatoms. The molecule has 0 aromatic rings. The normalized spacial score (nSPS) is 24.7. The topological polar surface area (TPSA) is 0 Å². The first-order valence-corrected chi connectivity index (χ1v) is 3.27. The summed E-state index contributed by atoms with van der Waals surface area (Å²) >= 11 is 0. The monoisotopic (exact) mass is 96.1 g/mol. The third-order valence-corrected chi connectivity index (χ3v) is 1.96. The Bertz CT molecular complexity index is 64.6. The molecule has 7 heavy (non-hydrogen) atoms. The van der Waals surface area contributed by atoms with Crippen molar-refractivity contribution >= 4 is 7.85 Å². The Morgan fingerprint density at radius 1 is 1.57 bits per heavy atom. The van der Waals surface area contributed by atoms with Gasteiger partial charge in [0.2, 0.25) is 0 Å². The number of hydrogen-bond donors (Lipinski definition) is 0. The van der Waals surface area contributed by atoms with Gasteiger partial charge in [-0.2, -0.15) is 0 Å². The van der Waals surface area contributed by atoms with Crippen molar-refractivity contribution in [2.75, 3.05) is 0 Å². The van der Waals surface area contributed by atoms with Gasteiger partial charge in [0.15, 0.2) is 0 Å². The molecular formula is C6H13B. The zero-order valence-corrected chi connectivity index (χ0v) is 5.33. The number of rotatable bonds is 2. The van der Waals surface area contributed by atoms with Crippen LogP contribution >= 0.6 is 0 Å².